The van der Waals surface area contributed by atoms with Crippen LogP contribution in [0.4, 0.5) is 4.39 Å². The molecule has 4 heteroatoms. The number of rotatable bonds is 4. The lowest BCUT2D eigenvalue weighted by Gasteiger charge is -2.35. The maximum Gasteiger partial charge on any atom is 0.126 e. The van der Waals surface area contributed by atoms with E-state index < -0.39 is 0 Å². The lowest BCUT2D eigenvalue weighted by atomic mass is 9.83. The Hall–Kier alpha value is -0.740. The molecule has 1 aromatic rings. The van der Waals surface area contributed by atoms with Gasteiger partial charge in [-0.1, -0.05) is 6.07 Å². The topological polar surface area (TPSA) is 18.5 Å². The van der Waals surface area contributed by atoms with Gasteiger partial charge in [0.15, 0.2) is 0 Å². The molecule has 0 radical (unpaired) electrons. The fourth-order valence-electron chi connectivity index (χ4n) is 2.11. The summed E-state index contributed by atoms with van der Waals surface area (Å²) in [7, 11) is 0. The minimum atomic E-state index is -0.262. The van der Waals surface area contributed by atoms with Gasteiger partial charge in [-0.3, -0.25) is 0 Å². The van der Waals surface area contributed by atoms with Crippen LogP contribution < -0.4 is 4.74 Å². The maximum atomic E-state index is 13.2. The van der Waals surface area contributed by atoms with Gasteiger partial charge in [0, 0.05) is 24.7 Å². The van der Waals surface area contributed by atoms with Crippen LogP contribution >= 0.6 is 12.6 Å². The van der Waals surface area contributed by atoms with E-state index in [-0.39, 0.29) is 11.2 Å². The molecule has 0 N–H and O–H groups in total. The third kappa shape index (κ3) is 3.18. The van der Waals surface area contributed by atoms with Gasteiger partial charge >= 0.3 is 0 Å². The van der Waals surface area contributed by atoms with Crippen LogP contribution in [0.1, 0.15) is 18.4 Å². The predicted molar refractivity (Wildman–Crippen MR) is 73.0 cm³/mol. The molecule has 0 spiro atoms. The number of hydrogen-bond donors (Lipinski definition) is 1. The molecule has 100 valence electrons. The zero-order chi connectivity index (χ0) is 13.0. The number of ether oxygens (including phenoxy) is 2. The second-order valence-corrected chi connectivity index (χ2v) is 5.29. The largest absolute Gasteiger partial charge is 0.493 e. The normalized spacial score (nSPS) is 18.6. The fourth-order valence-corrected chi connectivity index (χ4v) is 2.52. The molecule has 1 aliphatic heterocycles. The van der Waals surface area contributed by atoms with Gasteiger partial charge < -0.3 is 9.47 Å². The molecule has 0 aromatic heterocycles. The van der Waals surface area contributed by atoms with Crippen molar-refractivity contribution < 1.29 is 13.9 Å². The van der Waals surface area contributed by atoms with Crippen LogP contribution in [-0.4, -0.2) is 25.6 Å². The van der Waals surface area contributed by atoms with E-state index in [1.165, 1.54) is 12.1 Å². The monoisotopic (exact) mass is 270 g/mol. The van der Waals surface area contributed by atoms with Gasteiger partial charge in [-0.2, -0.15) is 12.6 Å². The van der Waals surface area contributed by atoms with Gasteiger partial charge in [-0.05, 0) is 37.1 Å². The lowest BCUT2D eigenvalue weighted by molar-refractivity contribution is 0.00294. The molecule has 1 saturated heterocycles. The summed E-state index contributed by atoms with van der Waals surface area (Å²) in [6, 6.07) is 4.63. The van der Waals surface area contributed by atoms with Crippen LogP contribution in [0.3, 0.4) is 0 Å². The van der Waals surface area contributed by atoms with Gasteiger partial charge in [0.2, 0.25) is 0 Å². The SMILES string of the molecule is Cc1ccc(F)cc1OCC1(CS)CCOCC1. The maximum absolute atomic E-state index is 13.2. The Kier molecular flexibility index (Phi) is 4.51. The fraction of sp³-hybridized carbons (Fsp3) is 0.571. The zero-order valence-electron chi connectivity index (χ0n) is 10.6. The molecule has 2 nitrogen and oxygen atoms in total. The number of hydrogen-bond acceptors (Lipinski definition) is 3. The molecule has 0 saturated carbocycles. The van der Waals surface area contributed by atoms with Crippen molar-refractivity contribution in [3.05, 3.63) is 29.6 Å². The molecule has 18 heavy (non-hydrogen) atoms. The van der Waals surface area contributed by atoms with E-state index >= 15 is 0 Å². The Morgan fingerprint density at radius 3 is 2.78 bits per heavy atom. The second kappa shape index (κ2) is 5.93. The average Bonchev–Trinajstić information content (AvgIpc) is 2.41. The van der Waals surface area contributed by atoms with Crippen LogP contribution in [0.25, 0.3) is 0 Å². The third-order valence-corrected chi connectivity index (χ3v) is 4.24. The summed E-state index contributed by atoms with van der Waals surface area (Å²) in [6.07, 6.45) is 1.90. The van der Waals surface area contributed by atoms with Gasteiger partial charge in [-0.15, -0.1) is 0 Å². The summed E-state index contributed by atoms with van der Waals surface area (Å²) < 4.78 is 24.4. The highest BCUT2D eigenvalue weighted by Crippen LogP contribution is 2.33. The van der Waals surface area contributed by atoms with Crippen molar-refractivity contribution in [2.75, 3.05) is 25.6 Å². The van der Waals surface area contributed by atoms with Crippen molar-refractivity contribution in [2.24, 2.45) is 5.41 Å². The minimum absolute atomic E-state index is 0.0557. The number of aryl methyl sites for hydroxylation is 1. The van der Waals surface area contributed by atoms with Crippen LogP contribution in [0.5, 0.6) is 5.75 Å². The van der Waals surface area contributed by atoms with Crippen LogP contribution in [0.2, 0.25) is 0 Å². The molecule has 0 bridgehead atoms. The van der Waals surface area contributed by atoms with E-state index in [0.29, 0.717) is 12.4 Å². The Balaban J connectivity index is 2.03. The molecule has 1 aliphatic rings. The summed E-state index contributed by atoms with van der Waals surface area (Å²) >= 11 is 4.43. The van der Waals surface area contributed by atoms with Crippen molar-refractivity contribution >= 4 is 12.6 Å². The highest BCUT2D eigenvalue weighted by atomic mass is 32.1. The summed E-state index contributed by atoms with van der Waals surface area (Å²) in [4.78, 5) is 0. The third-order valence-electron chi connectivity index (χ3n) is 3.57. The molecule has 2 rings (SSSR count). The predicted octanol–water partition coefficient (Wildman–Crippen LogP) is 3.24. The Labute approximate surface area is 113 Å². The molecule has 0 unspecified atom stereocenters. The van der Waals surface area contributed by atoms with Crippen LogP contribution in [-0.2, 0) is 4.74 Å². The van der Waals surface area contributed by atoms with Gasteiger partial charge in [0.25, 0.3) is 0 Å². The number of halogens is 1. The van der Waals surface area contributed by atoms with E-state index in [0.717, 1.165) is 37.4 Å². The van der Waals surface area contributed by atoms with E-state index in [4.69, 9.17) is 9.47 Å². The smallest absolute Gasteiger partial charge is 0.126 e. The first-order valence-corrected chi connectivity index (χ1v) is 6.86. The quantitative estimate of drug-likeness (QED) is 0.847. The standard InChI is InChI=1S/C14H19FO2S/c1-11-2-3-12(15)8-13(11)17-9-14(10-18)4-6-16-7-5-14/h2-3,8,18H,4-7,9-10H2,1H3. The van der Waals surface area contributed by atoms with Crippen molar-refractivity contribution in [3.8, 4) is 5.75 Å². The van der Waals surface area contributed by atoms with E-state index in [1.54, 1.807) is 6.07 Å². The minimum Gasteiger partial charge on any atom is -0.493 e. The van der Waals surface area contributed by atoms with Gasteiger partial charge in [0.1, 0.15) is 11.6 Å². The Morgan fingerprint density at radius 1 is 1.39 bits per heavy atom. The summed E-state index contributed by atoms with van der Waals surface area (Å²) in [5, 5.41) is 0. The lowest BCUT2D eigenvalue weighted by Crippen LogP contribution is -2.37. The van der Waals surface area contributed by atoms with E-state index in [9.17, 15) is 4.39 Å². The Morgan fingerprint density at radius 2 is 2.11 bits per heavy atom. The summed E-state index contributed by atoms with van der Waals surface area (Å²) in [5.41, 5.74) is 1.01. The van der Waals surface area contributed by atoms with Crippen molar-refractivity contribution in [3.63, 3.8) is 0 Å². The van der Waals surface area contributed by atoms with Gasteiger partial charge in [-0.25, -0.2) is 4.39 Å². The number of benzene rings is 1. The molecular weight excluding hydrogens is 251 g/mol. The van der Waals surface area contributed by atoms with E-state index in [1.807, 2.05) is 6.92 Å². The first kappa shape index (κ1) is 13.7. The highest BCUT2D eigenvalue weighted by Gasteiger charge is 2.32. The van der Waals surface area contributed by atoms with Crippen molar-refractivity contribution in [2.45, 2.75) is 19.8 Å². The van der Waals surface area contributed by atoms with Crippen molar-refractivity contribution in [1.29, 1.82) is 0 Å². The molecular formula is C14H19FO2S. The molecule has 1 heterocycles. The summed E-state index contributed by atoms with van der Waals surface area (Å²) in [5.74, 6) is 1.13. The van der Waals surface area contributed by atoms with Gasteiger partial charge in [0.05, 0.1) is 6.61 Å². The Bertz CT molecular complexity index is 403. The van der Waals surface area contributed by atoms with Crippen molar-refractivity contribution in [1.82, 2.24) is 0 Å². The van der Waals surface area contributed by atoms with E-state index in [2.05, 4.69) is 12.6 Å². The molecule has 0 atom stereocenters. The zero-order valence-corrected chi connectivity index (χ0v) is 11.5. The number of thiol groups is 1. The molecule has 0 amide bonds. The molecule has 1 aromatic carbocycles. The average molecular weight is 270 g/mol. The summed E-state index contributed by atoms with van der Waals surface area (Å²) in [6.45, 7) is 4.01. The van der Waals surface area contributed by atoms with Crippen LogP contribution in [0, 0.1) is 18.2 Å². The highest BCUT2D eigenvalue weighted by molar-refractivity contribution is 7.80. The first-order valence-electron chi connectivity index (χ1n) is 6.23. The molecule has 1 fully saturated rings. The molecule has 0 aliphatic carbocycles. The second-order valence-electron chi connectivity index (χ2n) is 4.97. The van der Waals surface area contributed by atoms with Crippen LogP contribution in [0.15, 0.2) is 18.2 Å². The first-order chi connectivity index (χ1) is 8.65.